The third-order valence-corrected chi connectivity index (χ3v) is 4.07. The number of rotatable bonds is 5. The Labute approximate surface area is 116 Å². The van der Waals surface area contributed by atoms with Crippen molar-refractivity contribution in [2.75, 3.05) is 0 Å². The van der Waals surface area contributed by atoms with Crippen LogP contribution in [0.5, 0.6) is 0 Å². The second kappa shape index (κ2) is 6.32. The molecule has 1 unspecified atom stereocenters. The van der Waals surface area contributed by atoms with E-state index < -0.39 is 0 Å². The van der Waals surface area contributed by atoms with Crippen molar-refractivity contribution in [3.8, 4) is 0 Å². The van der Waals surface area contributed by atoms with Gasteiger partial charge in [0.25, 0.3) is 0 Å². The molecule has 2 aromatic rings. The molecule has 0 aliphatic heterocycles. The van der Waals surface area contributed by atoms with Crippen molar-refractivity contribution < 1.29 is 4.39 Å². The molecule has 0 fully saturated rings. The van der Waals surface area contributed by atoms with Crippen LogP contribution in [0.1, 0.15) is 29.8 Å². The predicted octanol–water partition coefficient (Wildman–Crippen LogP) is 4.78. The van der Waals surface area contributed by atoms with Crippen molar-refractivity contribution in [3.63, 3.8) is 0 Å². The van der Waals surface area contributed by atoms with Gasteiger partial charge < -0.3 is 5.32 Å². The minimum Gasteiger partial charge on any atom is -0.305 e. The summed E-state index contributed by atoms with van der Waals surface area (Å²) in [6, 6.07) is 9.21. The molecule has 2 rings (SSSR count). The van der Waals surface area contributed by atoms with Crippen molar-refractivity contribution in [2.24, 2.45) is 0 Å². The van der Waals surface area contributed by atoms with Gasteiger partial charge in [0.05, 0.1) is 0 Å². The fraction of sp³-hybridized carbons (Fsp3) is 0.286. The topological polar surface area (TPSA) is 12.0 Å². The van der Waals surface area contributed by atoms with Crippen LogP contribution in [0.4, 0.5) is 4.39 Å². The van der Waals surface area contributed by atoms with Gasteiger partial charge in [-0.15, -0.1) is 11.3 Å². The molecule has 0 bridgehead atoms. The fourth-order valence-corrected chi connectivity index (χ4v) is 2.88. The predicted molar refractivity (Wildman–Crippen MR) is 75.6 cm³/mol. The summed E-state index contributed by atoms with van der Waals surface area (Å²) in [5, 5.41) is 5.87. The van der Waals surface area contributed by atoms with Crippen LogP contribution < -0.4 is 5.32 Å². The van der Waals surface area contributed by atoms with Crippen LogP contribution in [0, 0.1) is 5.82 Å². The van der Waals surface area contributed by atoms with Gasteiger partial charge in [-0.05, 0) is 30.0 Å². The van der Waals surface area contributed by atoms with Gasteiger partial charge in [-0.2, -0.15) is 0 Å². The normalized spacial score (nSPS) is 12.6. The Morgan fingerprint density at radius 1 is 1.39 bits per heavy atom. The van der Waals surface area contributed by atoms with Crippen LogP contribution in [0.25, 0.3) is 0 Å². The van der Waals surface area contributed by atoms with Gasteiger partial charge in [-0.25, -0.2) is 4.39 Å². The highest BCUT2D eigenvalue weighted by atomic mass is 35.5. The van der Waals surface area contributed by atoms with E-state index in [0.29, 0.717) is 17.1 Å². The third kappa shape index (κ3) is 3.31. The van der Waals surface area contributed by atoms with Crippen molar-refractivity contribution in [2.45, 2.75) is 25.9 Å². The summed E-state index contributed by atoms with van der Waals surface area (Å²) in [4.78, 5) is 1.28. The molecule has 4 heteroatoms. The minimum absolute atomic E-state index is 0.254. The lowest BCUT2D eigenvalue weighted by atomic mass is 10.1. The highest BCUT2D eigenvalue weighted by molar-refractivity contribution is 7.10. The number of benzene rings is 1. The molecule has 0 radical (unpaired) electrons. The fourth-order valence-electron chi connectivity index (χ4n) is 1.83. The molecule has 0 amide bonds. The molecule has 1 aromatic carbocycles. The maximum absolute atomic E-state index is 13.6. The van der Waals surface area contributed by atoms with E-state index in [9.17, 15) is 4.39 Å². The molecule has 1 nitrogen and oxygen atoms in total. The zero-order chi connectivity index (χ0) is 13.0. The molecule has 18 heavy (non-hydrogen) atoms. The van der Waals surface area contributed by atoms with Crippen LogP contribution in [-0.2, 0) is 6.54 Å². The second-order valence-electron chi connectivity index (χ2n) is 4.09. The number of halogens is 2. The van der Waals surface area contributed by atoms with E-state index in [1.54, 1.807) is 23.5 Å². The zero-order valence-corrected chi connectivity index (χ0v) is 11.7. The van der Waals surface area contributed by atoms with Gasteiger partial charge >= 0.3 is 0 Å². The first-order valence-corrected chi connectivity index (χ1v) is 7.17. The van der Waals surface area contributed by atoms with Gasteiger partial charge in [-0.1, -0.05) is 30.7 Å². The standard InChI is InChI=1S/C14H15ClFNS/c1-2-13(14-4-3-7-18-14)17-9-10-5-6-11(15)8-12(10)16/h3-8,13,17H,2,9H2,1H3. The molecule has 0 saturated carbocycles. The molecule has 0 aliphatic rings. The van der Waals surface area contributed by atoms with Crippen LogP contribution >= 0.6 is 22.9 Å². The lowest BCUT2D eigenvalue weighted by Gasteiger charge is -2.15. The lowest BCUT2D eigenvalue weighted by molar-refractivity contribution is 0.510. The van der Waals surface area contributed by atoms with Gasteiger partial charge in [-0.3, -0.25) is 0 Å². The SMILES string of the molecule is CCC(NCc1ccc(Cl)cc1F)c1cccs1. The highest BCUT2D eigenvalue weighted by Crippen LogP contribution is 2.22. The Bertz CT molecular complexity index is 499. The largest absolute Gasteiger partial charge is 0.305 e. The van der Waals surface area contributed by atoms with Crippen LogP contribution in [0.15, 0.2) is 35.7 Å². The number of thiophene rings is 1. The first kappa shape index (κ1) is 13.5. The van der Waals surface area contributed by atoms with Gasteiger partial charge in [0.15, 0.2) is 0 Å². The van der Waals surface area contributed by atoms with Crippen molar-refractivity contribution in [1.29, 1.82) is 0 Å². The molecule has 1 aromatic heterocycles. The summed E-state index contributed by atoms with van der Waals surface area (Å²) in [6.07, 6.45) is 0.982. The first-order valence-electron chi connectivity index (χ1n) is 5.91. The Kier molecular flexibility index (Phi) is 4.75. The Balaban J connectivity index is 2.02. The summed E-state index contributed by atoms with van der Waals surface area (Å²) in [5.74, 6) is -0.254. The number of nitrogens with one attached hydrogen (secondary N) is 1. The van der Waals surface area contributed by atoms with Crippen LogP contribution in [0.2, 0.25) is 5.02 Å². The van der Waals surface area contributed by atoms with E-state index in [1.165, 1.54) is 10.9 Å². The van der Waals surface area contributed by atoms with Crippen LogP contribution in [-0.4, -0.2) is 0 Å². The molecule has 0 spiro atoms. The molecule has 0 saturated heterocycles. The highest BCUT2D eigenvalue weighted by Gasteiger charge is 2.11. The van der Waals surface area contributed by atoms with E-state index in [1.807, 2.05) is 6.07 Å². The van der Waals surface area contributed by atoms with Crippen molar-refractivity contribution in [1.82, 2.24) is 5.32 Å². The van der Waals surface area contributed by atoms with E-state index >= 15 is 0 Å². The van der Waals surface area contributed by atoms with E-state index in [-0.39, 0.29) is 11.9 Å². The second-order valence-corrected chi connectivity index (χ2v) is 5.51. The summed E-state index contributed by atoms with van der Waals surface area (Å²) in [7, 11) is 0. The summed E-state index contributed by atoms with van der Waals surface area (Å²) in [5.41, 5.74) is 0.648. The smallest absolute Gasteiger partial charge is 0.129 e. The van der Waals surface area contributed by atoms with Crippen molar-refractivity contribution in [3.05, 3.63) is 57.0 Å². The molecule has 1 atom stereocenters. The zero-order valence-electron chi connectivity index (χ0n) is 10.1. The average Bonchev–Trinajstić information content (AvgIpc) is 2.86. The quantitative estimate of drug-likeness (QED) is 0.832. The van der Waals surface area contributed by atoms with E-state index in [0.717, 1.165) is 6.42 Å². The van der Waals surface area contributed by atoms with Crippen molar-refractivity contribution >= 4 is 22.9 Å². The summed E-state index contributed by atoms with van der Waals surface area (Å²) < 4.78 is 13.6. The maximum Gasteiger partial charge on any atom is 0.129 e. The van der Waals surface area contributed by atoms with E-state index in [4.69, 9.17) is 11.6 Å². The molecule has 1 N–H and O–H groups in total. The average molecular weight is 284 g/mol. The van der Waals surface area contributed by atoms with Crippen LogP contribution in [0.3, 0.4) is 0 Å². The van der Waals surface area contributed by atoms with E-state index in [2.05, 4.69) is 23.7 Å². The van der Waals surface area contributed by atoms with Gasteiger partial charge in [0, 0.05) is 28.0 Å². The molecular formula is C14H15ClFNS. The lowest BCUT2D eigenvalue weighted by Crippen LogP contribution is -2.20. The number of hydrogen-bond acceptors (Lipinski definition) is 2. The maximum atomic E-state index is 13.6. The minimum atomic E-state index is -0.254. The summed E-state index contributed by atoms with van der Waals surface area (Å²) in [6.45, 7) is 2.63. The Morgan fingerprint density at radius 2 is 2.22 bits per heavy atom. The monoisotopic (exact) mass is 283 g/mol. The molecular weight excluding hydrogens is 269 g/mol. The Hall–Kier alpha value is -0.900. The van der Waals surface area contributed by atoms with Gasteiger partial charge in [0.2, 0.25) is 0 Å². The third-order valence-electron chi connectivity index (χ3n) is 2.85. The molecule has 0 aliphatic carbocycles. The molecule has 1 heterocycles. The number of hydrogen-bond donors (Lipinski definition) is 1. The van der Waals surface area contributed by atoms with Gasteiger partial charge in [0.1, 0.15) is 5.82 Å². The Morgan fingerprint density at radius 3 is 2.83 bits per heavy atom. The first-order chi connectivity index (χ1) is 8.70. The molecule has 96 valence electrons. The summed E-state index contributed by atoms with van der Waals surface area (Å²) >= 11 is 7.45.